The first kappa shape index (κ1) is 19.6. The molecule has 146 valence electrons. The summed E-state index contributed by atoms with van der Waals surface area (Å²) in [4.78, 5) is 38.5. The van der Waals surface area contributed by atoms with E-state index in [4.69, 9.17) is 0 Å². The van der Waals surface area contributed by atoms with Gasteiger partial charge in [0.1, 0.15) is 12.1 Å². The Morgan fingerprint density at radius 1 is 1.07 bits per heavy atom. The van der Waals surface area contributed by atoms with Crippen molar-refractivity contribution in [2.45, 2.75) is 38.8 Å². The van der Waals surface area contributed by atoms with Crippen LogP contribution in [0.3, 0.4) is 0 Å². The first-order valence-corrected chi connectivity index (χ1v) is 9.36. The lowest BCUT2D eigenvalue weighted by Crippen LogP contribution is -2.43. The third-order valence-corrected chi connectivity index (χ3v) is 5.06. The molecule has 6 nitrogen and oxygen atoms in total. The average Bonchev–Trinajstić information content (AvgIpc) is 2.91. The van der Waals surface area contributed by atoms with E-state index in [0.29, 0.717) is 18.0 Å². The highest BCUT2D eigenvalue weighted by Gasteiger charge is 2.49. The van der Waals surface area contributed by atoms with E-state index in [0.717, 1.165) is 16.0 Å². The largest absolute Gasteiger partial charge is 0.350 e. The van der Waals surface area contributed by atoms with Crippen molar-refractivity contribution in [2.24, 2.45) is 0 Å². The fourth-order valence-corrected chi connectivity index (χ4v) is 3.23. The van der Waals surface area contributed by atoms with Crippen LogP contribution in [-0.4, -0.2) is 29.3 Å². The number of carbonyl (C=O) groups is 3. The molecule has 1 aliphatic heterocycles. The lowest BCUT2D eigenvalue weighted by molar-refractivity contribution is -0.134. The Labute approximate surface area is 164 Å². The second-order valence-corrected chi connectivity index (χ2v) is 7.49. The SMILES string of the molecule is CC(C)c1ccc([C@]2(C)NC(=O)N(CC(=O)NCc3ccccc3)C2=O)cc1. The normalized spacial score (nSPS) is 19.1. The second-order valence-electron chi connectivity index (χ2n) is 7.49. The van der Waals surface area contributed by atoms with Crippen molar-refractivity contribution in [1.29, 1.82) is 0 Å². The summed E-state index contributed by atoms with van der Waals surface area (Å²) in [5.74, 6) is -0.433. The molecule has 0 bridgehead atoms. The molecule has 0 saturated carbocycles. The van der Waals surface area contributed by atoms with Gasteiger partial charge in [-0.25, -0.2) is 4.79 Å². The van der Waals surface area contributed by atoms with E-state index >= 15 is 0 Å². The number of rotatable bonds is 6. The molecule has 4 amide bonds. The van der Waals surface area contributed by atoms with Crippen LogP contribution in [0.15, 0.2) is 54.6 Å². The molecule has 6 heteroatoms. The summed E-state index contributed by atoms with van der Waals surface area (Å²) in [5.41, 5.74) is 1.62. The van der Waals surface area contributed by atoms with Gasteiger partial charge in [-0.3, -0.25) is 14.5 Å². The van der Waals surface area contributed by atoms with E-state index in [1.807, 2.05) is 54.6 Å². The number of nitrogens with one attached hydrogen (secondary N) is 2. The highest BCUT2D eigenvalue weighted by Crippen LogP contribution is 2.29. The molecule has 28 heavy (non-hydrogen) atoms. The maximum Gasteiger partial charge on any atom is 0.325 e. The molecule has 2 aromatic rings. The molecule has 2 aromatic carbocycles. The highest BCUT2D eigenvalue weighted by atomic mass is 16.2. The van der Waals surface area contributed by atoms with Crippen molar-refractivity contribution in [3.63, 3.8) is 0 Å². The van der Waals surface area contributed by atoms with Gasteiger partial charge in [-0.2, -0.15) is 0 Å². The number of amides is 4. The number of nitrogens with zero attached hydrogens (tertiary/aromatic N) is 1. The summed E-state index contributed by atoms with van der Waals surface area (Å²) < 4.78 is 0. The van der Waals surface area contributed by atoms with Gasteiger partial charge in [0.25, 0.3) is 5.91 Å². The molecule has 1 aliphatic rings. The van der Waals surface area contributed by atoms with Gasteiger partial charge in [0.15, 0.2) is 0 Å². The molecule has 1 atom stereocenters. The third-order valence-electron chi connectivity index (χ3n) is 5.06. The summed E-state index contributed by atoms with van der Waals surface area (Å²) in [6.07, 6.45) is 0. The van der Waals surface area contributed by atoms with Crippen molar-refractivity contribution >= 4 is 17.8 Å². The van der Waals surface area contributed by atoms with Crippen molar-refractivity contribution in [3.8, 4) is 0 Å². The van der Waals surface area contributed by atoms with Crippen LogP contribution in [-0.2, 0) is 21.7 Å². The minimum atomic E-state index is -1.17. The number of hydrogen-bond acceptors (Lipinski definition) is 3. The highest BCUT2D eigenvalue weighted by molar-refractivity contribution is 6.09. The van der Waals surface area contributed by atoms with Crippen molar-refractivity contribution in [3.05, 3.63) is 71.3 Å². The van der Waals surface area contributed by atoms with Crippen molar-refractivity contribution in [1.82, 2.24) is 15.5 Å². The topological polar surface area (TPSA) is 78.5 Å². The van der Waals surface area contributed by atoms with Crippen LogP contribution in [0.5, 0.6) is 0 Å². The molecule has 0 radical (unpaired) electrons. The number of carbonyl (C=O) groups excluding carboxylic acids is 3. The van der Waals surface area contributed by atoms with E-state index in [2.05, 4.69) is 24.5 Å². The van der Waals surface area contributed by atoms with Crippen LogP contribution in [0.4, 0.5) is 4.79 Å². The van der Waals surface area contributed by atoms with Gasteiger partial charge < -0.3 is 10.6 Å². The van der Waals surface area contributed by atoms with Gasteiger partial charge in [-0.1, -0.05) is 68.4 Å². The molecule has 0 aromatic heterocycles. The molecular weight excluding hydrogens is 354 g/mol. The molecule has 1 heterocycles. The molecule has 0 aliphatic carbocycles. The molecule has 2 N–H and O–H groups in total. The van der Waals surface area contributed by atoms with Gasteiger partial charge in [-0.05, 0) is 29.5 Å². The minimum Gasteiger partial charge on any atom is -0.350 e. The summed E-state index contributed by atoms with van der Waals surface area (Å²) in [5, 5.41) is 5.47. The molecule has 3 rings (SSSR count). The van der Waals surface area contributed by atoms with Crippen molar-refractivity contribution < 1.29 is 14.4 Å². The fourth-order valence-electron chi connectivity index (χ4n) is 3.23. The molecule has 0 unspecified atom stereocenters. The summed E-state index contributed by atoms with van der Waals surface area (Å²) in [6.45, 7) is 5.89. The van der Waals surface area contributed by atoms with E-state index in [-0.39, 0.29) is 12.5 Å². The molecular formula is C22H25N3O3. The Bertz CT molecular complexity index is 878. The second kappa shape index (κ2) is 7.84. The smallest absolute Gasteiger partial charge is 0.325 e. The van der Waals surface area contributed by atoms with Gasteiger partial charge in [-0.15, -0.1) is 0 Å². The zero-order valence-electron chi connectivity index (χ0n) is 16.4. The zero-order valence-corrected chi connectivity index (χ0v) is 16.4. The maximum absolute atomic E-state index is 12.9. The van der Waals surface area contributed by atoms with E-state index in [1.165, 1.54) is 0 Å². The summed E-state index contributed by atoms with van der Waals surface area (Å²) in [6, 6.07) is 16.5. The fraction of sp³-hybridized carbons (Fsp3) is 0.318. The number of benzene rings is 2. The van der Waals surface area contributed by atoms with Gasteiger partial charge in [0.05, 0.1) is 0 Å². The third kappa shape index (κ3) is 3.91. The minimum absolute atomic E-state index is 0.308. The number of urea groups is 1. The van der Waals surface area contributed by atoms with E-state index in [1.54, 1.807) is 6.92 Å². The van der Waals surface area contributed by atoms with Crippen LogP contribution < -0.4 is 10.6 Å². The zero-order chi connectivity index (χ0) is 20.3. The summed E-state index contributed by atoms with van der Waals surface area (Å²) >= 11 is 0. The van der Waals surface area contributed by atoms with Crippen LogP contribution in [0.1, 0.15) is 43.4 Å². The first-order chi connectivity index (χ1) is 13.3. The Balaban J connectivity index is 1.67. The molecule has 1 saturated heterocycles. The molecule has 1 fully saturated rings. The lowest BCUT2D eigenvalue weighted by atomic mass is 9.90. The van der Waals surface area contributed by atoms with E-state index < -0.39 is 17.5 Å². The summed E-state index contributed by atoms with van der Waals surface area (Å²) in [7, 11) is 0. The monoisotopic (exact) mass is 379 g/mol. The predicted molar refractivity (Wildman–Crippen MR) is 106 cm³/mol. The van der Waals surface area contributed by atoms with Crippen LogP contribution in [0, 0.1) is 0 Å². The van der Waals surface area contributed by atoms with Gasteiger partial charge >= 0.3 is 6.03 Å². The maximum atomic E-state index is 12.9. The Morgan fingerprint density at radius 2 is 1.71 bits per heavy atom. The van der Waals surface area contributed by atoms with Gasteiger partial charge in [0, 0.05) is 6.54 Å². The average molecular weight is 379 g/mol. The Kier molecular flexibility index (Phi) is 5.49. The predicted octanol–water partition coefficient (Wildman–Crippen LogP) is 2.89. The first-order valence-electron chi connectivity index (χ1n) is 9.36. The van der Waals surface area contributed by atoms with Crippen LogP contribution in [0.2, 0.25) is 0 Å². The van der Waals surface area contributed by atoms with Crippen LogP contribution in [0.25, 0.3) is 0 Å². The Morgan fingerprint density at radius 3 is 2.32 bits per heavy atom. The van der Waals surface area contributed by atoms with Gasteiger partial charge in [0.2, 0.25) is 5.91 Å². The van der Waals surface area contributed by atoms with E-state index in [9.17, 15) is 14.4 Å². The van der Waals surface area contributed by atoms with Crippen LogP contribution >= 0.6 is 0 Å². The standard InChI is InChI=1S/C22H25N3O3/c1-15(2)17-9-11-18(12-10-17)22(3)20(27)25(21(28)24-22)14-19(26)23-13-16-7-5-4-6-8-16/h4-12,15H,13-14H2,1-3H3,(H,23,26)(H,24,28)/t22-/m0/s1. The molecule has 0 spiro atoms. The Hall–Kier alpha value is -3.15. The van der Waals surface area contributed by atoms with Crippen molar-refractivity contribution in [2.75, 3.05) is 6.54 Å². The number of imide groups is 1. The quantitative estimate of drug-likeness (QED) is 0.758. The lowest BCUT2D eigenvalue weighted by Gasteiger charge is -2.22. The number of hydrogen-bond donors (Lipinski definition) is 2.